The molecule has 0 amide bonds. The zero-order valence-corrected chi connectivity index (χ0v) is 15.4. The van der Waals surface area contributed by atoms with Gasteiger partial charge in [-0.05, 0) is 30.2 Å². The number of hydrogen-bond donors (Lipinski definition) is 0. The number of aromatic nitrogens is 1. The average Bonchev–Trinajstić information content (AvgIpc) is 3.08. The maximum atomic E-state index is 14.7. The van der Waals surface area contributed by atoms with Crippen molar-refractivity contribution in [3.8, 4) is 0 Å². The van der Waals surface area contributed by atoms with Crippen molar-refractivity contribution in [2.24, 2.45) is 0 Å². The van der Waals surface area contributed by atoms with E-state index in [0.717, 1.165) is 30.3 Å². The molecule has 2 heterocycles. The monoisotopic (exact) mass is 401 g/mol. The van der Waals surface area contributed by atoms with Gasteiger partial charge in [-0.2, -0.15) is 0 Å². The van der Waals surface area contributed by atoms with Crippen LogP contribution in [-0.2, 0) is 13.1 Å². The molecule has 0 fully saturated rings. The van der Waals surface area contributed by atoms with Crippen LogP contribution < -0.4 is 0 Å². The van der Waals surface area contributed by atoms with Crippen LogP contribution in [0.3, 0.4) is 0 Å². The number of nitrogens with zero attached hydrogens (tertiary/aromatic N) is 3. The number of nitro benzene ring substituents is 1. The van der Waals surface area contributed by atoms with Gasteiger partial charge in [0.05, 0.1) is 11.0 Å². The minimum Gasteiger partial charge on any atom is -0.350 e. The van der Waals surface area contributed by atoms with Crippen molar-refractivity contribution >= 4 is 5.69 Å². The average molecular weight is 401 g/mol. The first-order chi connectivity index (χ1) is 13.9. The van der Waals surface area contributed by atoms with Crippen molar-refractivity contribution in [3.63, 3.8) is 0 Å². The molecule has 150 valence electrons. The van der Waals surface area contributed by atoms with Crippen LogP contribution in [0.1, 0.15) is 29.3 Å². The lowest BCUT2D eigenvalue weighted by molar-refractivity contribution is -0.384. The fraction of sp³-hybridized carbons (Fsp3) is 0.238. The molecular weight excluding hydrogens is 383 g/mol. The molecule has 5 nitrogen and oxygen atoms in total. The first-order valence-electron chi connectivity index (χ1n) is 9.21. The summed E-state index contributed by atoms with van der Waals surface area (Å²) >= 11 is 0. The lowest BCUT2D eigenvalue weighted by atomic mass is 10.00. The molecule has 0 saturated carbocycles. The number of rotatable bonds is 4. The van der Waals surface area contributed by atoms with Gasteiger partial charge in [0.1, 0.15) is 5.82 Å². The lowest BCUT2D eigenvalue weighted by Gasteiger charge is -2.31. The van der Waals surface area contributed by atoms with Crippen LogP contribution >= 0.6 is 0 Å². The van der Waals surface area contributed by atoms with Crippen molar-refractivity contribution in [3.05, 3.63) is 99.1 Å². The number of non-ortho nitro benzene ring substituents is 1. The summed E-state index contributed by atoms with van der Waals surface area (Å²) in [4.78, 5) is 12.4. The van der Waals surface area contributed by atoms with Crippen molar-refractivity contribution in [2.75, 3.05) is 6.54 Å². The van der Waals surface area contributed by atoms with E-state index in [1.807, 2.05) is 27.8 Å². The van der Waals surface area contributed by atoms with E-state index in [4.69, 9.17) is 0 Å². The topological polar surface area (TPSA) is 51.3 Å². The number of aryl methyl sites for hydroxylation is 1. The van der Waals surface area contributed by atoms with Gasteiger partial charge in [-0.15, -0.1) is 0 Å². The van der Waals surface area contributed by atoms with Crippen LogP contribution in [0.15, 0.2) is 54.7 Å². The predicted octanol–water partition coefficient (Wildman–Crippen LogP) is 4.81. The van der Waals surface area contributed by atoms with Gasteiger partial charge >= 0.3 is 0 Å². The smallest absolute Gasteiger partial charge is 0.269 e. The van der Waals surface area contributed by atoms with Crippen molar-refractivity contribution in [1.82, 2.24) is 9.47 Å². The molecule has 29 heavy (non-hydrogen) atoms. The first kappa shape index (κ1) is 19.2. The van der Waals surface area contributed by atoms with Gasteiger partial charge < -0.3 is 4.57 Å². The van der Waals surface area contributed by atoms with Crippen molar-refractivity contribution in [2.45, 2.75) is 25.6 Å². The molecule has 4 rings (SSSR count). The van der Waals surface area contributed by atoms with Gasteiger partial charge in [0.2, 0.25) is 0 Å². The third kappa shape index (κ3) is 3.75. The highest BCUT2D eigenvalue weighted by Crippen LogP contribution is 2.35. The Morgan fingerprint density at radius 2 is 1.72 bits per heavy atom. The Morgan fingerprint density at radius 3 is 2.45 bits per heavy atom. The van der Waals surface area contributed by atoms with E-state index in [1.165, 1.54) is 12.1 Å². The molecule has 0 bridgehead atoms. The minimum absolute atomic E-state index is 0.0123. The highest BCUT2D eigenvalue weighted by Gasteiger charge is 2.30. The Balaban J connectivity index is 1.75. The van der Waals surface area contributed by atoms with Crippen LogP contribution in [0.4, 0.5) is 18.9 Å². The highest BCUT2D eigenvalue weighted by molar-refractivity contribution is 5.35. The summed E-state index contributed by atoms with van der Waals surface area (Å²) in [7, 11) is 0. The summed E-state index contributed by atoms with van der Waals surface area (Å²) in [6, 6.07) is 10.7. The van der Waals surface area contributed by atoms with Crippen LogP contribution in [-0.4, -0.2) is 20.9 Å². The van der Waals surface area contributed by atoms with E-state index in [1.54, 1.807) is 12.1 Å². The summed E-state index contributed by atoms with van der Waals surface area (Å²) in [5.41, 5.74) is 1.65. The molecule has 1 aliphatic heterocycles. The number of nitro groups is 1. The summed E-state index contributed by atoms with van der Waals surface area (Å²) in [5, 5.41) is 10.9. The molecule has 1 aromatic heterocycles. The Labute approximate surface area is 165 Å². The fourth-order valence-electron chi connectivity index (χ4n) is 3.87. The summed E-state index contributed by atoms with van der Waals surface area (Å²) < 4.78 is 44.1. The van der Waals surface area contributed by atoms with E-state index in [-0.39, 0.29) is 11.3 Å². The van der Waals surface area contributed by atoms with Gasteiger partial charge in [0.25, 0.3) is 5.69 Å². The largest absolute Gasteiger partial charge is 0.350 e. The maximum absolute atomic E-state index is 14.7. The van der Waals surface area contributed by atoms with E-state index < -0.39 is 28.4 Å². The molecular formula is C21H18F3N3O2. The van der Waals surface area contributed by atoms with Crippen molar-refractivity contribution < 1.29 is 18.1 Å². The molecule has 1 atom stereocenters. The summed E-state index contributed by atoms with van der Waals surface area (Å²) in [5.74, 6) is -3.13. The quantitative estimate of drug-likeness (QED) is 0.358. The third-order valence-electron chi connectivity index (χ3n) is 5.22. The fourth-order valence-corrected chi connectivity index (χ4v) is 3.87. The molecule has 0 aliphatic carbocycles. The number of fused-ring (bicyclic) bond motifs is 1. The predicted molar refractivity (Wildman–Crippen MR) is 101 cm³/mol. The van der Waals surface area contributed by atoms with E-state index in [9.17, 15) is 23.3 Å². The molecule has 0 unspecified atom stereocenters. The van der Waals surface area contributed by atoms with E-state index in [0.29, 0.717) is 19.2 Å². The Kier molecular flexibility index (Phi) is 5.10. The Morgan fingerprint density at radius 1 is 1.00 bits per heavy atom. The van der Waals surface area contributed by atoms with Gasteiger partial charge in [-0.25, -0.2) is 13.2 Å². The molecule has 2 aromatic carbocycles. The SMILES string of the molecule is O=[N+]([O-])c1ccc(CN2CCCn3cccc3[C@@H]2c2cc(F)c(F)cc2F)cc1. The second kappa shape index (κ2) is 7.71. The standard InChI is InChI=1S/C21H18F3N3O2/c22-17-12-19(24)18(23)11-16(17)21-20-3-1-8-25(20)9-2-10-26(21)13-14-4-6-15(7-5-14)27(28)29/h1,3-8,11-12,21H,2,9-10,13H2/t21-/m0/s1. The molecule has 0 saturated heterocycles. The minimum atomic E-state index is -1.22. The third-order valence-corrected chi connectivity index (χ3v) is 5.22. The molecule has 0 radical (unpaired) electrons. The first-order valence-corrected chi connectivity index (χ1v) is 9.21. The zero-order valence-electron chi connectivity index (χ0n) is 15.4. The summed E-state index contributed by atoms with van der Waals surface area (Å²) in [6.07, 6.45) is 2.67. The second-order valence-electron chi connectivity index (χ2n) is 7.06. The molecule has 8 heteroatoms. The van der Waals surface area contributed by atoms with Crippen molar-refractivity contribution in [1.29, 1.82) is 0 Å². The maximum Gasteiger partial charge on any atom is 0.269 e. The second-order valence-corrected chi connectivity index (χ2v) is 7.06. The van der Waals surface area contributed by atoms with Crippen LogP contribution in [0, 0.1) is 27.6 Å². The Bertz CT molecular complexity index is 1050. The Hall–Kier alpha value is -3.13. The van der Waals surface area contributed by atoms with E-state index >= 15 is 0 Å². The number of halogens is 3. The van der Waals surface area contributed by atoms with E-state index in [2.05, 4.69) is 0 Å². The van der Waals surface area contributed by atoms with Gasteiger partial charge in [0.15, 0.2) is 11.6 Å². The van der Waals surface area contributed by atoms with Crippen LogP contribution in [0.2, 0.25) is 0 Å². The highest BCUT2D eigenvalue weighted by atomic mass is 19.2. The normalized spacial score (nSPS) is 17.0. The zero-order chi connectivity index (χ0) is 20.5. The van der Waals surface area contributed by atoms with Crippen LogP contribution in [0.25, 0.3) is 0 Å². The molecule has 0 spiro atoms. The lowest BCUT2D eigenvalue weighted by Crippen LogP contribution is -2.30. The number of hydrogen-bond acceptors (Lipinski definition) is 3. The molecule has 1 aliphatic rings. The molecule has 0 N–H and O–H groups in total. The molecule has 3 aromatic rings. The van der Waals surface area contributed by atoms with Gasteiger partial charge in [0, 0.05) is 55.3 Å². The summed E-state index contributed by atoms with van der Waals surface area (Å²) in [6.45, 7) is 1.70. The van der Waals surface area contributed by atoms with Gasteiger partial charge in [-0.1, -0.05) is 12.1 Å². The number of benzene rings is 2. The van der Waals surface area contributed by atoms with Crippen LogP contribution in [0.5, 0.6) is 0 Å². The van der Waals surface area contributed by atoms with Gasteiger partial charge in [-0.3, -0.25) is 15.0 Å².